The zero-order chi connectivity index (χ0) is 12.0. The van der Waals surface area contributed by atoms with Crippen LogP contribution in [0.3, 0.4) is 0 Å². The number of carbonyl (C=O) groups is 1. The molecule has 1 rings (SSSR count). The van der Waals surface area contributed by atoms with Gasteiger partial charge in [-0.2, -0.15) is 0 Å². The fourth-order valence-corrected chi connectivity index (χ4v) is 2.30. The summed E-state index contributed by atoms with van der Waals surface area (Å²) in [6, 6.07) is 0.455. The van der Waals surface area contributed by atoms with E-state index in [0.29, 0.717) is 11.2 Å². The lowest BCUT2D eigenvalue weighted by Crippen LogP contribution is -2.49. The topological polar surface area (TPSA) is 53.2 Å². The summed E-state index contributed by atoms with van der Waals surface area (Å²) in [6.07, 6.45) is 6.16. The Morgan fingerprint density at radius 2 is 1.88 bits per heavy atom. The molecule has 0 bridgehead atoms. The highest BCUT2D eigenvalue weighted by Crippen LogP contribution is 2.26. The minimum atomic E-state index is -0.140. The van der Waals surface area contributed by atoms with Gasteiger partial charge < -0.3 is 5.32 Å². The number of thiocarbonyl (C=S) groups is 1. The normalized spacial score (nSPS) is 24.6. The van der Waals surface area contributed by atoms with E-state index < -0.39 is 0 Å². The molecule has 1 aliphatic carbocycles. The summed E-state index contributed by atoms with van der Waals surface area (Å²) in [5.41, 5.74) is 5.14. The average molecular weight is 243 g/mol. The van der Waals surface area contributed by atoms with Gasteiger partial charge in [-0.3, -0.25) is 15.6 Å². The summed E-state index contributed by atoms with van der Waals surface area (Å²) < 4.78 is 0. The van der Waals surface area contributed by atoms with Crippen molar-refractivity contribution in [2.45, 2.75) is 52.0 Å². The van der Waals surface area contributed by atoms with Gasteiger partial charge in [-0.15, -0.1) is 0 Å². The van der Waals surface area contributed by atoms with Crippen LogP contribution in [-0.4, -0.2) is 17.1 Å². The first-order chi connectivity index (χ1) is 7.61. The molecule has 16 heavy (non-hydrogen) atoms. The first kappa shape index (κ1) is 13.2. The van der Waals surface area contributed by atoms with Crippen LogP contribution in [0.25, 0.3) is 0 Å². The van der Waals surface area contributed by atoms with E-state index in [4.69, 9.17) is 12.2 Å². The number of hydrazine groups is 1. The van der Waals surface area contributed by atoms with E-state index in [9.17, 15) is 4.79 Å². The number of nitrogens with one attached hydrogen (secondary N) is 3. The van der Waals surface area contributed by atoms with Crippen molar-refractivity contribution in [3.63, 3.8) is 0 Å². The maximum absolute atomic E-state index is 10.7. The second-order valence-corrected chi connectivity index (χ2v) is 4.81. The predicted molar refractivity (Wildman–Crippen MR) is 68.7 cm³/mol. The molecule has 0 aromatic carbocycles. The summed E-state index contributed by atoms with van der Waals surface area (Å²) in [6.45, 7) is 3.70. The molecule has 0 aromatic heterocycles. The Morgan fingerprint density at radius 3 is 2.38 bits per heavy atom. The minimum absolute atomic E-state index is 0.140. The van der Waals surface area contributed by atoms with E-state index in [1.165, 1.54) is 39.0 Å². The van der Waals surface area contributed by atoms with Gasteiger partial charge in [-0.05, 0) is 43.8 Å². The third kappa shape index (κ3) is 4.79. The maximum atomic E-state index is 10.7. The number of rotatable bonds is 2. The van der Waals surface area contributed by atoms with Gasteiger partial charge >= 0.3 is 0 Å². The smallest absolute Gasteiger partial charge is 0.235 e. The van der Waals surface area contributed by atoms with Gasteiger partial charge in [0.25, 0.3) is 0 Å². The van der Waals surface area contributed by atoms with Gasteiger partial charge in [0, 0.05) is 13.0 Å². The Hall–Kier alpha value is -0.840. The van der Waals surface area contributed by atoms with Crippen LogP contribution in [0.1, 0.15) is 46.0 Å². The predicted octanol–water partition coefficient (Wildman–Crippen LogP) is 1.47. The lowest BCUT2D eigenvalue weighted by atomic mass is 9.85. The number of hydrogen-bond donors (Lipinski definition) is 3. The second-order valence-electron chi connectivity index (χ2n) is 4.41. The Bertz CT molecular complexity index is 250. The van der Waals surface area contributed by atoms with Crippen molar-refractivity contribution in [3.8, 4) is 0 Å². The van der Waals surface area contributed by atoms with Crippen LogP contribution in [-0.2, 0) is 4.79 Å². The molecule has 1 fully saturated rings. The molecule has 0 saturated heterocycles. The minimum Gasteiger partial charge on any atom is -0.359 e. The Morgan fingerprint density at radius 1 is 1.25 bits per heavy atom. The van der Waals surface area contributed by atoms with E-state index in [2.05, 4.69) is 23.1 Å². The Balaban J connectivity index is 2.18. The van der Waals surface area contributed by atoms with Crippen molar-refractivity contribution in [1.82, 2.24) is 16.2 Å². The number of carbonyl (C=O) groups excluding carboxylic acids is 1. The van der Waals surface area contributed by atoms with E-state index in [0.717, 1.165) is 5.92 Å². The molecule has 0 heterocycles. The van der Waals surface area contributed by atoms with Crippen molar-refractivity contribution >= 4 is 23.2 Å². The Labute approximate surface area is 103 Å². The molecule has 1 amide bonds. The van der Waals surface area contributed by atoms with Crippen LogP contribution >= 0.6 is 12.2 Å². The summed E-state index contributed by atoms with van der Waals surface area (Å²) >= 11 is 5.07. The molecular formula is C11H21N3OS. The highest BCUT2D eigenvalue weighted by Gasteiger charge is 2.20. The molecule has 0 unspecified atom stereocenters. The molecule has 1 aliphatic rings. The average Bonchev–Trinajstić information content (AvgIpc) is 2.27. The highest BCUT2D eigenvalue weighted by molar-refractivity contribution is 7.80. The summed E-state index contributed by atoms with van der Waals surface area (Å²) in [5, 5.41) is 3.73. The fourth-order valence-electron chi connectivity index (χ4n) is 2.08. The van der Waals surface area contributed by atoms with E-state index >= 15 is 0 Å². The van der Waals surface area contributed by atoms with Crippen LogP contribution in [0, 0.1) is 5.92 Å². The third-order valence-electron chi connectivity index (χ3n) is 3.11. The van der Waals surface area contributed by atoms with Crippen molar-refractivity contribution < 1.29 is 4.79 Å². The van der Waals surface area contributed by atoms with Gasteiger partial charge in [0.05, 0.1) is 0 Å². The first-order valence-corrected chi connectivity index (χ1v) is 6.35. The van der Waals surface area contributed by atoms with E-state index in [-0.39, 0.29) is 5.91 Å². The van der Waals surface area contributed by atoms with Crippen molar-refractivity contribution in [2.24, 2.45) is 5.92 Å². The highest BCUT2D eigenvalue weighted by atomic mass is 32.1. The van der Waals surface area contributed by atoms with Crippen LogP contribution in [0.4, 0.5) is 0 Å². The summed E-state index contributed by atoms with van der Waals surface area (Å²) in [7, 11) is 0. The monoisotopic (exact) mass is 243 g/mol. The van der Waals surface area contributed by atoms with E-state index in [1.54, 1.807) is 0 Å². The van der Waals surface area contributed by atoms with Crippen LogP contribution in [0.5, 0.6) is 0 Å². The van der Waals surface area contributed by atoms with Crippen LogP contribution in [0.2, 0.25) is 0 Å². The van der Waals surface area contributed by atoms with Gasteiger partial charge in [-0.25, -0.2) is 0 Å². The molecular weight excluding hydrogens is 222 g/mol. The van der Waals surface area contributed by atoms with Crippen molar-refractivity contribution in [3.05, 3.63) is 0 Å². The summed E-state index contributed by atoms with van der Waals surface area (Å²) in [5.74, 6) is 0.744. The molecule has 0 atom stereocenters. The molecule has 0 radical (unpaired) electrons. The molecule has 0 spiro atoms. The first-order valence-electron chi connectivity index (χ1n) is 5.95. The molecule has 0 aromatic rings. The number of amides is 1. The second kappa shape index (κ2) is 6.68. The number of hydrogen-bond acceptors (Lipinski definition) is 2. The third-order valence-corrected chi connectivity index (χ3v) is 3.33. The molecule has 1 saturated carbocycles. The molecule has 92 valence electrons. The molecule has 4 nitrogen and oxygen atoms in total. The van der Waals surface area contributed by atoms with Gasteiger partial charge in [0.2, 0.25) is 5.91 Å². The van der Waals surface area contributed by atoms with Crippen molar-refractivity contribution in [1.29, 1.82) is 0 Å². The van der Waals surface area contributed by atoms with Crippen LogP contribution in [0.15, 0.2) is 0 Å². The molecule has 3 N–H and O–H groups in total. The van der Waals surface area contributed by atoms with E-state index in [1.807, 2.05) is 0 Å². The zero-order valence-corrected chi connectivity index (χ0v) is 10.8. The maximum Gasteiger partial charge on any atom is 0.235 e. The SMILES string of the molecule is CCC1CCC(NC(=S)NNC(C)=O)CC1. The van der Waals surface area contributed by atoms with Crippen LogP contribution < -0.4 is 16.2 Å². The summed E-state index contributed by atoms with van der Waals surface area (Å²) in [4.78, 5) is 10.7. The van der Waals surface area contributed by atoms with Gasteiger partial charge in [0.15, 0.2) is 5.11 Å². The van der Waals surface area contributed by atoms with Gasteiger partial charge in [0.1, 0.15) is 0 Å². The quantitative estimate of drug-likeness (QED) is 0.508. The zero-order valence-electron chi connectivity index (χ0n) is 10.0. The standard InChI is InChI=1S/C11H21N3OS/c1-3-9-4-6-10(7-5-9)12-11(16)14-13-8(2)15/h9-10H,3-7H2,1-2H3,(H,13,15)(H2,12,14,16). The van der Waals surface area contributed by atoms with Gasteiger partial charge in [-0.1, -0.05) is 13.3 Å². The Kier molecular flexibility index (Phi) is 5.52. The fraction of sp³-hybridized carbons (Fsp3) is 0.818. The molecule has 0 aliphatic heterocycles. The molecule has 5 heteroatoms. The lowest BCUT2D eigenvalue weighted by Gasteiger charge is -2.29. The van der Waals surface area contributed by atoms with Crippen molar-refractivity contribution in [2.75, 3.05) is 0 Å². The lowest BCUT2D eigenvalue weighted by molar-refractivity contribution is -0.119. The largest absolute Gasteiger partial charge is 0.359 e.